The van der Waals surface area contributed by atoms with Gasteiger partial charge in [-0.15, -0.1) is 10.2 Å². The molecule has 1 aromatic heterocycles. The Balaban J connectivity index is 1.79. The minimum Gasteiger partial charge on any atom is -0.325 e. The lowest BCUT2D eigenvalue weighted by molar-refractivity contribution is -0.113. The quantitative estimate of drug-likeness (QED) is 0.494. The first-order valence-electron chi connectivity index (χ1n) is 9.30. The van der Waals surface area contributed by atoms with Crippen LogP contribution >= 0.6 is 35.0 Å². The van der Waals surface area contributed by atoms with Crippen molar-refractivity contribution in [2.45, 2.75) is 18.1 Å². The summed E-state index contributed by atoms with van der Waals surface area (Å²) in [6, 6.07) is 14.1. The maximum Gasteiger partial charge on any atom is 0.234 e. The highest BCUT2D eigenvalue weighted by molar-refractivity contribution is 7.99. The Bertz CT molecular complexity index is 1120. The highest BCUT2D eigenvalue weighted by atomic mass is 35.5. The van der Waals surface area contributed by atoms with Crippen LogP contribution in [0.25, 0.3) is 5.69 Å². The SMILES string of the molecule is CC(c1nnc(SCC(=O)Nc2ccc(C#N)c(Cl)c2)n1-c1ccc(Cl)cc1)N(C)C. The minimum atomic E-state index is -0.223. The third kappa shape index (κ3) is 5.57. The summed E-state index contributed by atoms with van der Waals surface area (Å²) in [6.07, 6.45) is 0. The van der Waals surface area contributed by atoms with Crippen LogP contribution in [0.5, 0.6) is 0 Å². The van der Waals surface area contributed by atoms with Crippen molar-refractivity contribution in [2.24, 2.45) is 0 Å². The fraction of sp³-hybridized carbons (Fsp3) is 0.238. The number of anilines is 1. The molecule has 1 atom stereocenters. The average molecular weight is 475 g/mol. The number of nitrogens with one attached hydrogen (secondary N) is 1. The standard InChI is InChI=1S/C21H20Cl2N6OS/c1-13(28(2)3)20-26-27-21(29(20)17-8-5-15(22)6-9-17)31-12-19(30)25-16-7-4-14(11-24)18(23)10-16/h4-10,13H,12H2,1-3H3,(H,25,30). The van der Waals surface area contributed by atoms with E-state index in [0.29, 0.717) is 21.4 Å². The molecule has 0 saturated heterocycles. The van der Waals surface area contributed by atoms with Crippen LogP contribution in [-0.4, -0.2) is 45.4 Å². The predicted octanol–water partition coefficient (Wildman–Crippen LogP) is 4.80. The van der Waals surface area contributed by atoms with Crippen molar-refractivity contribution in [3.05, 3.63) is 63.9 Å². The van der Waals surface area contributed by atoms with Gasteiger partial charge in [-0.1, -0.05) is 35.0 Å². The van der Waals surface area contributed by atoms with Gasteiger partial charge in [-0.05, 0) is 63.5 Å². The van der Waals surface area contributed by atoms with E-state index >= 15 is 0 Å². The Kier molecular flexibility index (Phi) is 7.57. The molecule has 0 spiro atoms. The number of benzene rings is 2. The number of halogens is 2. The highest BCUT2D eigenvalue weighted by Crippen LogP contribution is 2.28. The molecule has 0 aliphatic heterocycles. The molecule has 1 unspecified atom stereocenters. The van der Waals surface area contributed by atoms with Gasteiger partial charge in [0.05, 0.1) is 22.4 Å². The Hall–Kier alpha value is -2.57. The van der Waals surface area contributed by atoms with E-state index in [2.05, 4.69) is 15.5 Å². The van der Waals surface area contributed by atoms with Crippen LogP contribution in [0.2, 0.25) is 10.0 Å². The van der Waals surface area contributed by atoms with Gasteiger partial charge < -0.3 is 5.32 Å². The second kappa shape index (κ2) is 10.2. The Morgan fingerprint density at radius 2 is 1.94 bits per heavy atom. The smallest absolute Gasteiger partial charge is 0.234 e. The normalized spacial score (nSPS) is 11.9. The summed E-state index contributed by atoms with van der Waals surface area (Å²) in [7, 11) is 3.93. The van der Waals surface area contributed by atoms with E-state index in [1.807, 2.05) is 48.7 Å². The third-order valence-corrected chi connectivity index (χ3v) is 6.09. The second-order valence-electron chi connectivity index (χ2n) is 6.94. The Labute approximate surface area is 195 Å². The van der Waals surface area contributed by atoms with Crippen molar-refractivity contribution in [3.8, 4) is 11.8 Å². The average Bonchev–Trinajstić information content (AvgIpc) is 3.16. The molecular formula is C21H20Cl2N6OS. The van der Waals surface area contributed by atoms with Gasteiger partial charge >= 0.3 is 0 Å². The highest BCUT2D eigenvalue weighted by Gasteiger charge is 2.21. The maximum atomic E-state index is 12.5. The summed E-state index contributed by atoms with van der Waals surface area (Å²) in [6.45, 7) is 2.03. The zero-order valence-corrected chi connectivity index (χ0v) is 19.5. The van der Waals surface area contributed by atoms with Gasteiger partial charge in [-0.25, -0.2) is 0 Å². The van der Waals surface area contributed by atoms with Gasteiger partial charge in [0.2, 0.25) is 5.91 Å². The zero-order chi connectivity index (χ0) is 22.5. The van der Waals surface area contributed by atoms with Gasteiger partial charge in [0, 0.05) is 16.4 Å². The molecule has 7 nitrogen and oxygen atoms in total. The molecule has 0 radical (unpaired) electrons. The van der Waals surface area contributed by atoms with Crippen LogP contribution in [0.1, 0.15) is 24.4 Å². The summed E-state index contributed by atoms with van der Waals surface area (Å²) in [5, 5.41) is 21.9. The number of amides is 1. The number of rotatable bonds is 7. The van der Waals surface area contributed by atoms with Crippen molar-refractivity contribution in [3.63, 3.8) is 0 Å². The molecule has 1 amide bonds. The molecule has 0 fully saturated rings. The summed E-state index contributed by atoms with van der Waals surface area (Å²) in [4.78, 5) is 14.5. The fourth-order valence-electron chi connectivity index (χ4n) is 2.72. The molecule has 0 aliphatic rings. The lowest BCUT2D eigenvalue weighted by Crippen LogP contribution is -2.21. The lowest BCUT2D eigenvalue weighted by atomic mass is 10.2. The first-order chi connectivity index (χ1) is 14.8. The van der Waals surface area contributed by atoms with E-state index < -0.39 is 0 Å². The molecule has 1 heterocycles. The maximum absolute atomic E-state index is 12.5. The van der Waals surface area contributed by atoms with E-state index in [1.165, 1.54) is 11.8 Å². The van der Waals surface area contributed by atoms with Crippen molar-refractivity contribution >= 4 is 46.6 Å². The molecule has 0 bridgehead atoms. The van der Waals surface area contributed by atoms with E-state index in [1.54, 1.807) is 30.3 Å². The van der Waals surface area contributed by atoms with Crippen molar-refractivity contribution < 1.29 is 4.79 Å². The largest absolute Gasteiger partial charge is 0.325 e. The molecule has 2 aromatic carbocycles. The van der Waals surface area contributed by atoms with Crippen LogP contribution < -0.4 is 5.32 Å². The van der Waals surface area contributed by atoms with Gasteiger partial charge in [0.25, 0.3) is 0 Å². The van der Waals surface area contributed by atoms with E-state index in [9.17, 15) is 4.79 Å². The van der Waals surface area contributed by atoms with Crippen LogP contribution in [0.15, 0.2) is 47.6 Å². The van der Waals surface area contributed by atoms with Crippen molar-refractivity contribution in [2.75, 3.05) is 25.2 Å². The second-order valence-corrected chi connectivity index (χ2v) is 8.72. The number of nitriles is 1. The third-order valence-electron chi connectivity index (χ3n) is 4.60. The summed E-state index contributed by atoms with van der Waals surface area (Å²) >= 11 is 13.3. The monoisotopic (exact) mass is 474 g/mol. The number of thioether (sulfide) groups is 1. The lowest BCUT2D eigenvalue weighted by Gasteiger charge is -2.20. The minimum absolute atomic E-state index is 0.00662. The molecular weight excluding hydrogens is 455 g/mol. The molecule has 0 saturated carbocycles. The topological polar surface area (TPSA) is 86.8 Å². The molecule has 160 valence electrons. The number of nitrogens with zero attached hydrogens (tertiary/aromatic N) is 5. The molecule has 31 heavy (non-hydrogen) atoms. The summed E-state index contributed by atoms with van der Waals surface area (Å²) < 4.78 is 1.93. The summed E-state index contributed by atoms with van der Waals surface area (Å²) in [5.74, 6) is 0.660. The van der Waals surface area contributed by atoms with Gasteiger partial charge in [0.1, 0.15) is 6.07 Å². The predicted molar refractivity (Wildman–Crippen MR) is 124 cm³/mol. The van der Waals surface area contributed by atoms with Crippen molar-refractivity contribution in [1.29, 1.82) is 5.26 Å². The Morgan fingerprint density at radius 3 is 2.55 bits per heavy atom. The summed E-state index contributed by atoms with van der Waals surface area (Å²) in [5.41, 5.74) is 1.74. The first-order valence-corrected chi connectivity index (χ1v) is 11.0. The van der Waals surface area contributed by atoms with Crippen LogP contribution in [-0.2, 0) is 4.79 Å². The van der Waals surface area contributed by atoms with E-state index in [-0.39, 0.29) is 22.7 Å². The molecule has 10 heteroatoms. The molecule has 0 aliphatic carbocycles. The van der Waals surface area contributed by atoms with Crippen LogP contribution in [0, 0.1) is 11.3 Å². The zero-order valence-electron chi connectivity index (χ0n) is 17.1. The number of hydrogen-bond donors (Lipinski definition) is 1. The number of hydrogen-bond acceptors (Lipinski definition) is 6. The van der Waals surface area contributed by atoms with E-state index in [0.717, 1.165) is 11.5 Å². The van der Waals surface area contributed by atoms with E-state index in [4.69, 9.17) is 28.5 Å². The first kappa shape index (κ1) is 23.1. The van der Waals surface area contributed by atoms with Gasteiger partial charge in [-0.2, -0.15) is 5.26 Å². The fourth-order valence-corrected chi connectivity index (χ4v) is 3.83. The van der Waals surface area contributed by atoms with Crippen LogP contribution in [0.4, 0.5) is 5.69 Å². The molecule has 3 rings (SSSR count). The van der Waals surface area contributed by atoms with Crippen LogP contribution in [0.3, 0.4) is 0 Å². The van der Waals surface area contributed by atoms with Crippen molar-refractivity contribution in [1.82, 2.24) is 19.7 Å². The molecule has 3 aromatic rings. The number of aromatic nitrogens is 3. The molecule has 1 N–H and O–H groups in total. The number of carbonyl (C=O) groups excluding carboxylic acids is 1. The Morgan fingerprint density at radius 1 is 1.23 bits per heavy atom. The number of carbonyl (C=O) groups is 1. The van der Waals surface area contributed by atoms with Gasteiger partial charge in [0.15, 0.2) is 11.0 Å². The van der Waals surface area contributed by atoms with Gasteiger partial charge in [-0.3, -0.25) is 14.3 Å².